The van der Waals surface area contributed by atoms with Crippen LogP contribution in [0.5, 0.6) is 0 Å². The third kappa shape index (κ3) is 3.15. The van der Waals surface area contributed by atoms with Gasteiger partial charge in [-0.05, 0) is 30.3 Å². The first-order valence-corrected chi connectivity index (χ1v) is 8.85. The summed E-state index contributed by atoms with van der Waals surface area (Å²) >= 11 is 0. The van der Waals surface area contributed by atoms with Gasteiger partial charge in [0.05, 0.1) is 11.4 Å². The molecule has 0 aliphatic carbocycles. The smallest absolute Gasteiger partial charge is 0.268 e. The molecular formula is C22H16F2N2O3. The third-order valence-corrected chi connectivity index (χ3v) is 4.83. The molecule has 0 saturated carbocycles. The summed E-state index contributed by atoms with van der Waals surface area (Å²) in [5.74, 6) is -2.63. The first-order chi connectivity index (χ1) is 13.9. The van der Waals surface area contributed by atoms with Crippen molar-refractivity contribution in [3.63, 3.8) is 0 Å². The van der Waals surface area contributed by atoms with Gasteiger partial charge in [-0.1, -0.05) is 42.5 Å². The fourth-order valence-electron chi connectivity index (χ4n) is 3.48. The predicted octanol–water partition coefficient (Wildman–Crippen LogP) is 3.19. The second-order valence-electron chi connectivity index (χ2n) is 6.66. The Hall–Kier alpha value is -3.58. The van der Waals surface area contributed by atoms with Gasteiger partial charge in [0, 0.05) is 11.1 Å². The van der Waals surface area contributed by atoms with E-state index in [-0.39, 0.29) is 16.8 Å². The lowest BCUT2D eigenvalue weighted by Gasteiger charge is -2.23. The molecule has 1 aliphatic rings. The van der Waals surface area contributed by atoms with E-state index in [1.807, 2.05) is 0 Å². The summed E-state index contributed by atoms with van der Waals surface area (Å²) < 4.78 is 27.5. The summed E-state index contributed by atoms with van der Waals surface area (Å²) in [6, 6.07) is 17.2. The van der Waals surface area contributed by atoms with Crippen LogP contribution < -0.4 is 10.2 Å². The lowest BCUT2D eigenvalue weighted by atomic mass is 9.87. The van der Waals surface area contributed by atoms with Crippen molar-refractivity contribution >= 4 is 23.2 Å². The number of carbonyl (C=O) groups is 2. The minimum Gasteiger partial charge on any atom is -0.372 e. The summed E-state index contributed by atoms with van der Waals surface area (Å²) in [7, 11) is 0. The van der Waals surface area contributed by atoms with Crippen molar-refractivity contribution < 1.29 is 23.5 Å². The van der Waals surface area contributed by atoms with E-state index in [2.05, 4.69) is 5.32 Å². The maximum absolute atomic E-state index is 13.8. The van der Waals surface area contributed by atoms with Crippen LogP contribution in [0.4, 0.5) is 20.2 Å². The van der Waals surface area contributed by atoms with Crippen LogP contribution in [-0.2, 0) is 15.2 Å². The molecule has 3 aromatic rings. The summed E-state index contributed by atoms with van der Waals surface area (Å²) in [6.07, 6.45) is 0. The topological polar surface area (TPSA) is 69.6 Å². The zero-order valence-electron chi connectivity index (χ0n) is 15.1. The number of rotatable bonds is 4. The van der Waals surface area contributed by atoms with Gasteiger partial charge in [0.2, 0.25) is 5.91 Å². The molecule has 2 amide bonds. The largest absolute Gasteiger partial charge is 0.372 e. The Morgan fingerprint density at radius 3 is 2.48 bits per heavy atom. The molecule has 7 heteroatoms. The van der Waals surface area contributed by atoms with Crippen molar-refractivity contribution in [1.29, 1.82) is 0 Å². The molecule has 3 aromatic carbocycles. The van der Waals surface area contributed by atoms with Crippen molar-refractivity contribution in [3.05, 3.63) is 95.6 Å². The van der Waals surface area contributed by atoms with Crippen molar-refractivity contribution in [2.45, 2.75) is 5.60 Å². The molecule has 1 unspecified atom stereocenters. The molecular weight excluding hydrogens is 378 g/mol. The number of nitrogens with zero attached hydrogens (tertiary/aromatic N) is 1. The average molecular weight is 394 g/mol. The quantitative estimate of drug-likeness (QED) is 0.714. The summed E-state index contributed by atoms with van der Waals surface area (Å²) in [4.78, 5) is 26.7. The minimum absolute atomic E-state index is 0.0159. The Morgan fingerprint density at radius 2 is 1.72 bits per heavy atom. The van der Waals surface area contributed by atoms with Crippen molar-refractivity contribution in [2.24, 2.45) is 0 Å². The van der Waals surface area contributed by atoms with Gasteiger partial charge in [-0.3, -0.25) is 14.5 Å². The normalized spacial score (nSPS) is 17.9. The summed E-state index contributed by atoms with van der Waals surface area (Å²) in [5, 5.41) is 13.7. The van der Waals surface area contributed by atoms with E-state index >= 15 is 0 Å². The highest BCUT2D eigenvalue weighted by atomic mass is 19.1. The van der Waals surface area contributed by atoms with Gasteiger partial charge in [-0.15, -0.1) is 0 Å². The molecule has 4 rings (SSSR count). The minimum atomic E-state index is -2.13. The highest BCUT2D eigenvalue weighted by Crippen LogP contribution is 2.44. The number of fused-ring (bicyclic) bond motifs is 1. The van der Waals surface area contributed by atoms with Gasteiger partial charge in [0.25, 0.3) is 5.91 Å². The van der Waals surface area contributed by atoms with Crippen LogP contribution >= 0.6 is 0 Å². The number of aliphatic hydroxyl groups is 1. The van der Waals surface area contributed by atoms with Crippen LogP contribution in [0.1, 0.15) is 11.1 Å². The van der Waals surface area contributed by atoms with Crippen LogP contribution in [0.15, 0.2) is 72.8 Å². The molecule has 0 aromatic heterocycles. The van der Waals surface area contributed by atoms with Crippen LogP contribution in [0.25, 0.3) is 0 Å². The molecule has 0 bridgehead atoms. The molecule has 2 N–H and O–H groups in total. The van der Waals surface area contributed by atoms with Crippen molar-refractivity contribution in [3.8, 4) is 0 Å². The molecule has 1 atom stereocenters. The van der Waals surface area contributed by atoms with Crippen LogP contribution in [0, 0.1) is 11.6 Å². The lowest BCUT2D eigenvalue weighted by molar-refractivity contribution is -0.133. The number of amides is 2. The van der Waals surface area contributed by atoms with E-state index in [0.717, 1.165) is 11.0 Å². The number of para-hydroxylation sites is 2. The SMILES string of the molecule is O=C(CN1C(=O)C(O)(c2cccc(F)c2)c2ccccc21)Nc1ccccc1F. The second-order valence-corrected chi connectivity index (χ2v) is 6.66. The van der Waals surface area contributed by atoms with Crippen molar-refractivity contribution in [2.75, 3.05) is 16.8 Å². The maximum Gasteiger partial charge on any atom is 0.268 e. The van der Waals surface area contributed by atoms with Gasteiger partial charge in [-0.25, -0.2) is 8.78 Å². The highest BCUT2D eigenvalue weighted by Gasteiger charge is 2.51. The molecule has 0 spiro atoms. The zero-order chi connectivity index (χ0) is 20.6. The number of anilines is 2. The molecule has 0 saturated heterocycles. The number of carbonyl (C=O) groups excluding carboxylic acids is 2. The molecule has 1 aliphatic heterocycles. The number of hydrogen-bond acceptors (Lipinski definition) is 3. The molecule has 1 heterocycles. The van der Waals surface area contributed by atoms with Gasteiger partial charge in [-0.2, -0.15) is 0 Å². The monoisotopic (exact) mass is 394 g/mol. The predicted molar refractivity (Wildman–Crippen MR) is 103 cm³/mol. The first-order valence-electron chi connectivity index (χ1n) is 8.85. The van der Waals surface area contributed by atoms with E-state index in [1.54, 1.807) is 30.3 Å². The number of hydrogen-bond donors (Lipinski definition) is 2. The molecule has 0 fully saturated rings. The van der Waals surface area contributed by atoms with Gasteiger partial charge in [0.1, 0.15) is 18.2 Å². The van der Waals surface area contributed by atoms with Gasteiger partial charge in [0.15, 0.2) is 5.60 Å². The Kier molecular flexibility index (Phi) is 4.60. The fourth-order valence-corrected chi connectivity index (χ4v) is 3.48. The van der Waals surface area contributed by atoms with Crippen molar-refractivity contribution in [1.82, 2.24) is 0 Å². The van der Waals surface area contributed by atoms with E-state index in [9.17, 15) is 23.5 Å². The standard InChI is InChI=1S/C22H16F2N2O3/c23-15-7-5-6-14(12-15)22(29)16-8-1-4-11-19(16)26(21(22)28)13-20(27)25-18-10-3-2-9-17(18)24/h1-12,29H,13H2,(H,25,27). The van der Waals surface area contributed by atoms with Crippen LogP contribution in [-0.4, -0.2) is 23.5 Å². The van der Waals surface area contributed by atoms with Gasteiger partial charge < -0.3 is 10.4 Å². The number of halogens is 2. The number of benzene rings is 3. The molecule has 5 nitrogen and oxygen atoms in total. The van der Waals surface area contributed by atoms with E-state index in [0.29, 0.717) is 5.69 Å². The second kappa shape index (κ2) is 7.10. The van der Waals surface area contributed by atoms with E-state index < -0.39 is 35.6 Å². The maximum atomic E-state index is 13.8. The van der Waals surface area contributed by atoms with E-state index in [1.165, 1.54) is 36.4 Å². The highest BCUT2D eigenvalue weighted by molar-refractivity contribution is 6.12. The number of nitrogens with one attached hydrogen (secondary N) is 1. The average Bonchev–Trinajstić information content (AvgIpc) is 2.93. The molecule has 146 valence electrons. The Balaban J connectivity index is 1.68. The Labute approximate surface area is 165 Å². The summed E-state index contributed by atoms with van der Waals surface area (Å²) in [5.41, 5.74) is -1.51. The zero-order valence-corrected chi connectivity index (χ0v) is 15.1. The lowest BCUT2D eigenvalue weighted by Crippen LogP contribution is -2.44. The summed E-state index contributed by atoms with van der Waals surface area (Å²) in [6.45, 7) is -0.443. The van der Waals surface area contributed by atoms with Gasteiger partial charge >= 0.3 is 0 Å². The first kappa shape index (κ1) is 18.8. The molecule has 29 heavy (non-hydrogen) atoms. The Bertz CT molecular complexity index is 1120. The Morgan fingerprint density at radius 1 is 1.00 bits per heavy atom. The van der Waals surface area contributed by atoms with Crippen LogP contribution in [0.2, 0.25) is 0 Å². The fraction of sp³-hybridized carbons (Fsp3) is 0.0909. The molecule has 0 radical (unpaired) electrons. The van der Waals surface area contributed by atoms with E-state index in [4.69, 9.17) is 0 Å². The van der Waals surface area contributed by atoms with Crippen LogP contribution in [0.3, 0.4) is 0 Å². The third-order valence-electron chi connectivity index (χ3n) is 4.83.